The summed E-state index contributed by atoms with van der Waals surface area (Å²) in [5.74, 6) is -1.50. The molecular formula is C45H76N2O33. The maximum atomic E-state index is 13.0. The monoisotopic (exact) mass is 1170 g/mol. The Morgan fingerprint density at radius 1 is 0.400 bits per heavy atom. The van der Waals surface area contributed by atoms with E-state index < -0.39 is 254 Å². The third-order valence-corrected chi connectivity index (χ3v) is 14.8. The van der Waals surface area contributed by atoms with E-state index in [-0.39, 0.29) is 6.61 Å². The maximum Gasteiger partial charge on any atom is 0.217 e. The highest BCUT2D eigenvalue weighted by atomic mass is 16.8. The van der Waals surface area contributed by atoms with Crippen LogP contribution in [0, 0.1) is 0 Å². The van der Waals surface area contributed by atoms with Crippen molar-refractivity contribution in [2.45, 2.75) is 223 Å². The molecule has 0 radical (unpaired) electrons. The van der Waals surface area contributed by atoms with Crippen LogP contribution in [0.2, 0.25) is 0 Å². The number of ether oxygens (including phenoxy) is 13. The first kappa shape index (κ1) is 65.2. The average molecular weight is 1170 g/mol. The summed E-state index contributed by atoms with van der Waals surface area (Å²) < 4.78 is 77.0. The number of rotatable bonds is 19. The van der Waals surface area contributed by atoms with Gasteiger partial charge in [0.2, 0.25) is 11.8 Å². The average Bonchev–Trinajstić information content (AvgIpc) is 3.45. The van der Waals surface area contributed by atoms with Gasteiger partial charge in [-0.15, -0.1) is 0 Å². The molecule has 7 saturated heterocycles. The van der Waals surface area contributed by atoms with E-state index in [4.69, 9.17) is 61.6 Å². The smallest absolute Gasteiger partial charge is 0.217 e. The highest BCUT2D eigenvalue weighted by Crippen LogP contribution is 2.38. The Balaban J connectivity index is 1.25. The second-order valence-electron chi connectivity index (χ2n) is 20.5. The quantitative estimate of drug-likeness (QED) is 0.0571. The van der Waals surface area contributed by atoms with Crippen molar-refractivity contribution in [3.8, 4) is 0 Å². The lowest BCUT2D eigenvalue weighted by Crippen LogP contribution is -2.71. The second kappa shape index (κ2) is 28.3. The van der Waals surface area contributed by atoms with Gasteiger partial charge in [-0.1, -0.05) is 0 Å². The Bertz CT molecular complexity index is 1950. The molecule has 1 unspecified atom stereocenters. The Kier molecular flexibility index (Phi) is 23.1. The molecule has 0 aromatic carbocycles. The molecule has 0 spiro atoms. The molecule has 35 nitrogen and oxygen atoms in total. The summed E-state index contributed by atoms with van der Waals surface area (Å²) in [5, 5.41) is 199. The molecule has 7 rings (SSSR count). The van der Waals surface area contributed by atoms with Gasteiger partial charge < -0.3 is 164 Å². The Labute approximate surface area is 454 Å². The van der Waals surface area contributed by atoms with Crippen LogP contribution in [0.5, 0.6) is 0 Å². The molecule has 0 saturated carbocycles. The maximum absolute atomic E-state index is 13.0. The zero-order valence-corrected chi connectivity index (χ0v) is 43.2. The molecule has 35 heteroatoms. The van der Waals surface area contributed by atoms with Gasteiger partial charge >= 0.3 is 0 Å². The zero-order chi connectivity index (χ0) is 58.8. The van der Waals surface area contributed by atoms with E-state index in [1.165, 1.54) is 6.92 Å². The molecule has 7 aliphatic heterocycles. The lowest BCUT2D eigenvalue weighted by atomic mass is 9.93. The fourth-order valence-electron chi connectivity index (χ4n) is 10.3. The first-order chi connectivity index (χ1) is 37.8. The Morgan fingerprint density at radius 2 is 0.875 bits per heavy atom. The van der Waals surface area contributed by atoms with Crippen LogP contribution in [0.15, 0.2) is 0 Å². The number of carbonyl (C=O) groups is 2. The van der Waals surface area contributed by atoms with Crippen molar-refractivity contribution in [1.82, 2.24) is 10.6 Å². The number of nitrogens with one attached hydrogen (secondary N) is 2. The van der Waals surface area contributed by atoms with Crippen molar-refractivity contribution in [1.29, 1.82) is 0 Å². The lowest BCUT2D eigenvalue weighted by Gasteiger charge is -2.51. The molecule has 7 fully saturated rings. The van der Waals surface area contributed by atoms with Crippen molar-refractivity contribution in [3.63, 3.8) is 0 Å². The number of hydrogen-bond acceptors (Lipinski definition) is 33. The SMILES string of the molecule is CC(=O)N[C@H]1[C@H](O[C@H]2[C@H](O[C@@H]3O[C@@H](C)[C@@H](O)[C@@H](O)[C@@H]3O)[C@@H](NC(C)=O)CO[C@@H]2CO)O[C@H](CO)[C@@H](O[C@@H]2O[C@H](CO[C@H]3OC(CO)[C@@H](O)[C@H](O)[C@@H]3O)[C@@H](O)[C@H](O[C@H]3O[C@H](CO)[C@@H](O)[C@H](O)[C@@H]3O)[C@@H]2O[C@@H]2OC[C@@H](O)[C@H](O)[C@H]2O)[C@@H]1O. The minimum atomic E-state index is -2.23. The van der Waals surface area contributed by atoms with Gasteiger partial charge in [0.25, 0.3) is 0 Å². The number of aliphatic hydroxyl groups excluding tert-OH is 18. The molecule has 464 valence electrons. The highest BCUT2D eigenvalue weighted by molar-refractivity contribution is 5.73. The normalized spacial score (nSPS) is 50.4. The second-order valence-corrected chi connectivity index (χ2v) is 20.5. The third kappa shape index (κ3) is 14.2. The topological polar surface area (TPSA) is 542 Å². The van der Waals surface area contributed by atoms with Crippen molar-refractivity contribution >= 4 is 11.8 Å². The summed E-state index contributed by atoms with van der Waals surface area (Å²) >= 11 is 0. The van der Waals surface area contributed by atoms with Gasteiger partial charge in [-0.05, 0) is 6.92 Å². The van der Waals surface area contributed by atoms with E-state index in [0.29, 0.717) is 0 Å². The first-order valence-electron chi connectivity index (χ1n) is 25.8. The van der Waals surface area contributed by atoms with Crippen LogP contribution < -0.4 is 10.6 Å². The molecule has 0 bridgehead atoms. The summed E-state index contributed by atoms with van der Waals surface area (Å²) in [6.45, 7) is -2.31. The summed E-state index contributed by atoms with van der Waals surface area (Å²) in [5.41, 5.74) is 0. The third-order valence-electron chi connectivity index (χ3n) is 14.8. The van der Waals surface area contributed by atoms with Crippen LogP contribution in [-0.2, 0) is 71.2 Å². The lowest BCUT2D eigenvalue weighted by molar-refractivity contribution is -0.404. The molecular weight excluding hydrogens is 1100 g/mol. The number of carbonyl (C=O) groups excluding carboxylic acids is 2. The molecule has 7 aliphatic rings. The highest BCUT2D eigenvalue weighted by Gasteiger charge is 2.59. The summed E-state index contributed by atoms with van der Waals surface area (Å²) in [6, 6.07) is -3.02. The van der Waals surface area contributed by atoms with Gasteiger partial charge in [-0.2, -0.15) is 0 Å². The van der Waals surface area contributed by atoms with Gasteiger partial charge in [0, 0.05) is 13.8 Å². The van der Waals surface area contributed by atoms with Crippen LogP contribution >= 0.6 is 0 Å². The molecule has 33 atom stereocenters. The van der Waals surface area contributed by atoms with Crippen molar-refractivity contribution in [2.24, 2.45) is 0 Å². The molecule has 80 heavy (non-hydrogen) atoms. The molecule has 20 N–H and O–H groups in total. The predicted octanol–water partition coefficient (Wildman–Crippen LogP) is -13.6. The van der Waals surface area contributed by atoms with E-state index >= 15 is 0 Å². The van der Waals surface area contributed by atoms with Crippen molar-refractivity contribution in [2.75, 3.05) is 46.2 Å². The van der Waals surface area contributed by atoms with Gasteiger partial charge in [0.15, 0.2) is 37.7 Å². The van der Waals surface area contributed by atoms with E-state index in [0.717, 1.165) is 13.8 Å². The first-order valence-corrected chi connectivity index (χ1v) is 25.8. The minimum Gasteiger partial charge on any atom is -0.394 e. The van der Waals surface area contributed by atoms with Gasteiger partial charge in [0.05, 0.1) is 58.4 Å². The van der Waals surface area contributed by atoms with Crippen LogP contribution in [0.25, 0.3) is 0 Å². The van der Waals surface area contributed by atoms with Gasteiger partial charge in [-0.3, -0.25) is 9.59 Å². The molecule has 0 aromatic rings. The molecule has 0 aliphatic carbocycles. The summed E-state index contributed by atoms with van der Waals surface area (Å²) in [7, 11) is 0. The van der Waals surface area contributed by atoms with Gasteiger partial charge in [-0.25, -0.2) is 0 Å². The Hall–Kier alpha value is -2.30. The Morgan fingerprint density at radius 3 is 1.46 bits per heavy atom. The predicted molar refractivity (Wildman–Crippen MR) is 246 cm³/mol. The van der Waals surface area contributed by atoms with E-state index in [1.807, 2.05) is 0 Å². The number of amides is 2. The zero-order valence-electron chi connectivity index (χ0n) is 43.2. The van der Waals surface area contributed by atoms with Crippen molar-refractivity contribution < 1.29 is 163 Å². The minimum absolute atomic E-state index is 0.366. The fourth-order valence-corrected chi connectivity index (χ4v) is 10.3. The molecule has 0 aromatic heterocycles. The number of hydrogen-bond donors (Lipinski definition) is 20. The van der Waals surface area contributed by atoms with Crippen LogP contribution in [0.3, 0.4) is 0 Å². The van der Waals surface area contributed by atoms with Crippen LogP contribution in [0.1, 0.15) is 20.8 Å². The van der Waals surface area contributed by atoms with E-state index in [1.54, 1.807) is 0 Å². The molecule has 7 heterocycles. The summed E-state index contributed by atoms with van der Waals surface area (Å²) in [6.07, 6.45) is -58.2. The fraction of sp³-hybridized carbons (Fsp3) is 0.956. The van der Waals surface area contributed by atoms with E-state index in [2.05, 4.69) is 10.6 Å². The molecule has 2 amide bonds. The largest absolute Gasteiger partial charge is 0.394 e. The van der Waals surface area contributed by atoms with E-state index in [9.17, 15) is 102 Å². The standard InChI is InChI=1S/C45H76N2O33/c1-11-22(55)28(61)33(66)43(71-11)76-35-14(46-12(2)52)8-68-18(6-50)37(35)78-40-21(47-13(3)53)27(60)36(19(7-51)74-40)77-45-39(80-42-31(64)23(56)15(54)9-69-42)38(79-44-34(67)30(63)25(58)17(5-49)73-44)26(59)20(75-45)10-70-41-32(65)29(62)24(57)16(4-48)72-41/h11,14-45,48-51,54-67H,4-10H2,1-3H3,(H,46,52)(H,47,53)/t11-,14-,15+,16?,17+,18+,19+,20+,21+,22+,23-,24+,25+,26+,27+,28+,29-,30-,31+,32-,33-,34-,35+,36+,37+,38-,39-,40-,41-,42-,43-,44+,45-/m0/s1. The summed E-state index contributed by atoms with van der Waals surface area (Å²) in [4.78, 5) is 25.5. The van der Waals surface area contributed by atoms with Gasteiger partial charge in [0.1, 0.15) is 153 Å². The van der Waals surface area contributed by atoms with Crippen molar-refractivity contribution in [3.05, 3.63) is 0 Å². The van der Waals surface area contributed by atoms with Crippen LogP contribution in [0.4, 0.5) is 0 Å². The van der Waals surface area contributed by atoms with Crippen LogP contribution in [-0.4, -0.2) is 352 Å². The number of aliphatic hydroxyl groups is 18.